The number of hydrogen-bond acceptors (Lipinski definition) is 7. The van der Waals surface area contributed by atoms with Crippen LogP contribution in [0.15, 0.2) is 58.2 Å². The van der Waals surface area contributed by atoms with Crippen molar-refractivity contribution in [3.8, 4) is 5.75 Å². The predicted octanol–water partition coefficient (Wildman–Crippen LogP) is 2.36. The number of rotatable bonds is 9. The second-order valence-corrected chi connectivity index (χ2v) is 9.13. The number of fused-ring (bicyclic) bond motifs is 1. The molecule has 0 aliphatic heterocycles. The fourth-order valence-corrected chi connectivity index (χ4v) is 4.84. The first-order valence-corrected chi connectivity index (χ1v) is 11.9. The molecule has 3 aromatic rings. The summed E-state index contributed by atoms with van der Waals surface area (Å²) in [6.45, 7) is 3.77. The lowest BCUT2D eigenvalue weighted by Gasteiger charge is -2.19. The first-order chi connectivity index (χ1) is 16.2. The third-order valence-corrected chi connectivity index (χ3v) is 7.12. The highest BCUT2D eigenvalue weighted by Gasteiger charge is 2.23. The number of aromatic nitrogens is 1. The quantitative estimate of drug-likeness (QED) is 0.442. The number of carbonyl (C=O) groups excluding carboxylic acids is 2. The van der Waals surface area contributed by atoms with Gasteiger partial charge in [-0.15, -0.1) is 0 Å². The lowest BCUT2D eigenvalue weighted by atomic mass is 10.1. The highest BCUT2D eigenvalue weighted by atomic mass is 32.2. The average molecular weight is 488 g/mol. The normalized spacial score (nSPS) is 11.4. The van der Waals surface area contributed by atoms with Gasteiger partial charge < -0.3 is 19.8 Å². The molecule has 1 amide bonds. The number of sulfonamides is 1. The van der Waals surface area contributed by atoms with Crippen LogP contribution in [-0.4, -0.2) is 56.4 Å². The molecule has 0 saturated carbocycles. The van der Waals surface area contributed by atoms with Crippen LogP contribution in [0.25, 0.3) is 10.9 Å². The Hall–Kier alpha value is -3.70. The number of benzene rings is 2. The zero-order valence-corrected chi connectivity index (χ0v) is 19.8. The molecule has 10 nitrogen and oxygen atoms in total. The molecule has 3 rings (SSSR count). The minimum absolute atomic E-state index is 0.0104. The van der Waals surface area contributed by atoms with Crippen molar-refractivity contribution in [2.75, 3.05) is 32.1 Å². The van der Waals surface area contributed by atoms with Crippen molar-refractivity contribution in [2.45, 2.75) is 18.7 Å². The number of pyridine rings is 1. The lowest BCUT2D eigenvalue weighted by molar-refractivity contribution is -0.142. The fourth-order valence-electron chi connectivity index (χ4n) is 3.36. The third-order valence-electron chi connectivity index (χ3n) is 5.08. The highest BCUT2D eigenvalue weighted by Crippen LogP contribution is 2.24. The Labute approximate surface area is 196 Å². The molecular weight excluding hydrogens is 462 g/mol. The zero-order chi connectivity index (χ0) is 24.9. The number of aromatic amines is 1. The number of methoxy groups -OCH3 is 1. The molecule has 1 aromatic heterocycles. The first-order valence-electron chi connectivity index (χ1n) is 10.5. The van der Waals surface area contributed by atoms with Crippen LogP contribution < -0.4 is 15.6 Å². The summed E-state index contributed by atoms with van der Waals surface area (Å²) >= 11 is 0. The molecule has 0 aliphatic carbocycles. The first kappa shape index (κ1) is 24.9. The molecule has 0 radical (unpaired) electrons. The topological polar surface area (TPSA) is 135 Å². The summed E-state index contributed by atoms with van der Waals surface area (Å²) in [4.78, 5) is 39.1. The van der Waals surface area contributed by atoms with E-state index in [4.69, 9.17) is 4.74 Å². The van der Waals surface area contributed by atoms with Gasteiger partial charge in [0, 0.05) is 41.8 Å². The van der Waals surface area contributed by atoms with E-state index in [2.05, 4.69) is 15.0 Å². The van der Waals surface area contributed by atoms with Gasteiger partial charge in [0.25, 0.3) is 5.91 Å². The van der Waals surface area contributed by atoms with Gasteiger partial charge in [-0.2, -0.15) is 4.31 Å². The van der Waals surface area contributed by atoms with E-state index in [1.54, 1.807) is 32.0 Å². The maximum atomic E-state index is 13.1. The number of H-pyrrole nitrogens is 1. The molecule has 0 unspecified atom stereocenters. The molecule has 11 heteroatoms. The van der Waals surface area contributed by atoms with E-state index in [-0.39, 0.29) is 22.5 Å². The number of hydrogen-bond donors (Lipinski definition) is 2. The molecule has 1 heterocycles. The van der Waals surface area contributed by atoms with E-state index >= 15 is 0 Å². The summed E-state index contributed by atoms with van der Waals surface area (Å²) in [6, 6.07) is 11.7. The highest BCUT2D eigenvalue weighted by molar-refractivity contribution is 7.89. The van der Waals surface area contributed by atoms with Crippen molar-refractivity contribution in [1.29, 1.82) is 0 Å². The monoisotopic (exact) mass is 487 g/mol. The molecule has 2 N–H and O–H groups in total. The Morgan fingerprint density at radius 2 is 1.79 bits per heavy atom. The summed E-state index contributed by atoms with van der Waals surface area (Å²) < 4.78 is 37.1. The van der Waals surface area contributed by atoms with E-state index in [1.807, 2.05) is 0 Å². The Morgan fingerprint density at radius 1 is 1.06 bits per heavy atom. The molecule has 180 valence electrons. The van der Waals surface area contributed by atoms with Gasteiger partial charge in [-0.1, -0.05) is 19.9 Å². The maximum Gasteiger partial charge on any atom is 0.343 e. The van der Waals surface area contributed by atoms with Gasteiger partial charge >= 0.3 is 5.97 Å². The van der Waals surface area contributed by atoms with Gasteiger partial charge in [-0.25, -0.2) is 13.2 Å². The van der Waals surface area contributed by atoms with Crippen LogP contribution in [0, 0.1) is 0 Å². The molecule has 0 fully saturated rings. The summed E-state index contributed by atoms with van der Waals surface area (Å²) in [6.07, 6.45) is 0. The second-order valence-electron chi connectivity index (χ2n) is 7.19. The Kier molecular flexibility index (Phi) is 7.69. The maximum absolute atomic E-state index is 13.1. The lowest BCUT2D eigenvalue weighted by Crippen LogP contribution is -2.30. The number of esters is 1. The van der Waals surface area contributed by atoms with Crippen LogP contribution in [0.2, 0.25) is 0 Å². The number of nitrogens with zero attached hydrogens (tertiary/aromatic N) is 1. The Bertz CT molecular complexity index is 1380. The minimum Gasteiger partial charge on any atom is -0.482 e. The van der Waals surface area contributed by atoms with Gasteiger partial charge in [-0.3, -0.25) is 9.59 Å². The number of nitrogens with one attached hydrogen (secondary N) is 2. The van der Waals surface area contributed by atoms with Crippen LogP contribution in [0.5, 0.6) is 5.75 Å². The van der Waals surface area contributed by atoms with E-state index in [0.29, 0.717) is 30.0 Å². The van der Waals surface area contributed by atoms with Gasteiger partial charge in [0.1, 0.15) is 5.75 Å². The van der Waals surface area contributed by atoms with E-state index in [9.17, 15) is 22.8 Å². The molecule has 0 atom stereocenters. The molecule has 0 aliphatic rings. The van der Waals surface area contributed by atoms with E-state index in [0.717, 1.165) is 6.07 Å². The molecule has 2 aromatic carbocycles. The van der Waals surface area contributed by atoms with Gasteiger partial charge in [0.2, 0.25) is 15.6 Å². The van der Waals surface area contributed by atoms with Crippen molar-refractivity contribution in [3.63, 3.8) is 0 Å². The van der Waals surface area contributed by atoms with Crippen LogP contribution in [-0.2, 0) is 19.6 Å². The number of amides is 1. The minimum atomic E-state index is -3.77. The second kappa shape index (κ2) is 10.5. The summed E-state index contributed by atoms with van der Waals surface area (Å²) in [5.74, 6) is -0.843. The van der Waals surface area contributed by atoms with Gasteiger partial charge in [-0.05, 0) is 30.3 Å². The van der Waals surface area contributed by atoms with Crippen LogP contribution in [0.3, 0.4) is 0 Å². The molecule has 0 saturated heterocycles. The SMILES string of the molecule is CCN(CC)S(=O)(=O)c1ccc2[nH]c(=O)cc(C(=O)Nc3cccc(OCC(=O)OC)c3)c2c1. The standard InChI is InChI=1S/C23H25N3O7S/c1-4-26(5-2)34(30,31)17-9-10-20-18(12-17)19(13-21(27)25-20)23(29)24-15-7-6-8-16(11-15)33-14-22(28)32-3/h6-13H,4-5,14H2,1-3H3,(H,24,29)(H,25,27). The van der Waals surface area contributed by atoms with Crippen LogP contribution in [0.1, 0.15) is 24.2 Å². The molecule has 0 spiro atoms. The van der Waals surface area contributed by atoms with Crippen LogP contribution >= 0.6 is 0 Å². The average Bonchev–Trinajstić information content (AvgIpc) is 2.82. The number of anilines is 1. The van der Waals surface area contributed by atoms with E-state index < -0.39 is 27.5 Å². The molecule has 0 bridgehead atoms. The number of carbonyl (C=O) groups is 2. The molecule has 34 heavy (non-hydrogen) atoms. The molecular formula is C23H25N3O7S. The zero-order valence-electron chi connectivity index (χ0n) is 19.0. The third kappa shape index (κ3) is 5.43. The van der Waals surface area contributed by atoms with Crippen molar-refractivity contribution in [2.24, 2.45) is 0 Å². The van der Waals surface area contributed by atoms with Gasteiger partial charge in [0.05, 0.1) is 17.6 Å². The Morgan fingerprint density at radius 3 is 2.47 bits per heavy atom. The fraction of sp³-hybridized carbons (Fsp3) is 0.261. The van der Waals surface area contributed by atoms with E-state index in [1.165, 1.54) is 35.7 Å². The number of ether oxygens (including phenoxy) is 2. The van der Waals surface area contributed by atoms with Crippen molar-refractivity contribution in [1.82, 2.24) is 9.29 Å². The van der Waals surface area contributed by atoms with Crippen molar-refractivity contribution >= 4 is 38.5 Å². The summed E-state index contributed by atoms with van der Waals surface area (Å²) in [5.41, 5.74) is 0.183. The smallest absolute Gasteiger partial charge is 0.343 e. The van der Waals surface area contributed by atoms with Gasteiger partial charge in [0.15, 0.2) is 6.61 Å². The summed E-state index contributed by atoms with van der Waals surface area (Å²) in [7, 11) is -2.53. The van der Waals surface area contributed by atoms with Crippen LogP contribution in [0.4, 0.5) is 5.69 Å². The largest absolute Gasteiger partial charge is 0.482 e. The predicted molar refractivity (Wildman–Crippen MR) is 127 cm³/mol. The van der Waals surface area contributed by atoms with Crippen molar-refractivity contribution in [3.05, 3.63) is 64.4 Å². The Balaban J connectivity index is 1.97. The van der Waals surface area contributed by atoms with Crippen molar-refractivity contribution < 1.29 is 27.5 Å². The summed E-state index contributed by atoms with van der Waals surface area (Å²) in [5, 5.41) is 2.96.